The van der Waals surface area contributed by atoms with Gasteiger partial charge in [0.05, 0.1) is 12.2 Å². The van der Waals surface area contributed by atoms with E-state index >= 15 is 0 Å². The molecule has 0 atom stereocenters. The third-order valence-corrected chi connectivity index (χ3v) is 5.15. The highest BCUT2D eigenvalue weighted by Gasteiger charge is 2.26. The van der Waals surface area contributed by atoms with Gasteiger partial charge in [-0.15, -0.1) is 0 Å². The van der Waals surface area contributed by atoms with Crippen molar-refractivity contribution in [3.8, 4) is 0 Å². The van der Waals surface area contributed by atoms with Crippen molar-refractivity contribution in [3.63, 3.8) is 0 Å². The number of carbonyl (C=O) groups excluding carboxylic acids is 1. The number of nitrogens with zero attached hydrogens (tertiary/aromatic N) is 3. The van der Waals surface area contributed by atoms with Crippen LogP contribution in [0.1, 0.15) is 44.6 Å². The summed E-state index contributed by atoms with van der Waals surface area (Å²) in [4.78, 5) is 20.4. The van der Waals surface area contributed by atoms with E-state index in [1.165, 1.54) is 5.56 Å². The molecule has 24 heavy (non-hydrogen) atoms. The van der Waals surface area contributed by atoms with Crippen LogP contribution in [0.4, 0.5) is 0 Å². The molecular formula is C19H29N3O2. The van der Waals surface area contributed by atoms with Crippen LogP contribution < -0.4 is 0 Å². The third kappa shape index (κ3) is 4.77. The minimum Gasteiger partial charge on any atom is -0.375 e. The van der Waals surface area contributed by atoms with Gasteiger partial charge in [0.1, 0.15) is 0 Å². The third-order valence-electron chi connectivity index (χ3n) is 5.15. The summed E-state index contributed by atoms with van der Waals surface area (Å²) in [7, 11) is 0. The molecule has 0 radical (unpaired) electrons. The Bertz CT molecular complexity index is 507. The first-order valence-electron chi connectivity index (χ1n) is 9.29. The minimum atomic E-state index is 0.275. The highest BCUT2D eigenvalue weighted by atomic mass is 16.5. The standard InChI is InChI=1S/C19H29N3O2/c1-2-19(23)22-12-7-18(8-13-22)24-17-5-10-21(11-6-17)15-16-4-3-9-20-14-16/h3-4,9,14,17-18H,2,5-8,10-13,15H2,1H3. The molecule has 3 heterocycles. The fourth-order valence-electron chi connectivity index (χ4n) is 3.69. The van der Waals surface area contributed by atoms with Crippen LogP contribution in [0.3, 0.4) is 0 Å². The van der Waals surface area contributed by atoms with E-state index in [0.29, 0.717) is 18.6 Å². The molecule has 0 spiro atoms. The lowest BCUT2D eigenvalue weighted by atomic mass is 10.0. The summed E-state index contributed by atoms with van der Waals surface area (Å²) in [6.07, 6.45) is 9.29. The van der Waals surface area contributed by atoms with Gasteiger partial charge in [0.15, 0.2) is 0 Å². The molecule has 132 valence electrons. The number of ether oxygens (including phenoxy) is 1. The van der Waals surface area contributed by atoms with Gasteiger partial charge in [-0.1, -0.05) is 13.0 Å². The minimum absolute atomic E-state index is 0.275. The Kier molecular flexibility index (Phi) is 6.21. The molecule has 3 rings (SSSR count). The van der Waals surface area contributed by atoms with E-state index in [0.717, 1.165) is 58.4 Å². The Balaban J connectivity index is 1.36. The second-order valence-corrected chi connectivity index (χ2v) is 6.91. The van der Waals surface area contributed by atoms with Gasteiger partial charge in [-0.05, 0) is 37.3 Å². The number of likely N-dealkylation sites (tertiary alicyclic amines) is 2. The number of piperidine rings is 2. The Morgan fingerprint density at radius 1 is 1.17 bits per heavy atom. The first kappa shape index (κ1) is 17.4. The number of aromatic nitrogens is 1. The van der Waals surface area contributed by atoms with E-state index in [4.69, 9.17) is 4.74 Å². The summed E-state index contributed by atoms with van der Waals surface area (Å²) in [6.45, 7) is 6.82. The second-order valence-electron chi connectivity index (χ2n) is 6.91. The van der Waals surface area contributed by atoms with Gasteiger partial charge >= 0.3 is 0 Å². The van der Waals surface area contributed by atoms with Crippen molar-refractivity contribution in [3.05, 3.63) is 30.1 Å². The number of amides is 1. The SMILES string of the molecule is CCC(=O)N1CCC(OC2CCN(Cc3cccnc3)CC2)CC1. The number of pyridine rings is 1. The molecule has 2 saturated heterocycles. The maximum absolute atomic E-state index is 11.7. The predicted molar refractivity (Wildman–Crippen MR) is 93.5 cm³/mol. The lowest BCUT2D eigenvalue weighted by molar-refractivity contribution is -0.134. The van der Waals surface area contributed by atoms with Gasteiger partial charge in [-0.3, -0.25) is 14.7 Å². The monoisotopic (exact) mass is 331 g/mol. The molecule has 5 nitrogen and oxygen atoms in total. The number of hydrogen-bond acceptors (Lipinski definition) is 4. The summed E-state index contributed by atoms with van der Waals surface area (Å²) in [5, 5.41) is 0. The maximum Gasteiger partial charge on any atom is 0.222 e. The summed E-state index contributed by atoms with van der Waals surface area (Å²) in [6, 6.07) is 4.14. The van der Waals surface area contributed by atoms with Crippen molar-refractivity contribution in [1.82, 2.24) is 14.8 Å². The maximum atomic E-state index is 11.7. The van der Waals surface area contributed by atoms with Crippen LogP contribution in [0.25, 0.3) is 0 Å². The fourth-order valence-corrected chi connectivity index (χ4v) is 3.69. The largest absolute Gasteiger partial charge is 0.375 e. The van der Waals surface area contributed by atoms with Crippen molar-refractivity contribution < 1.29 is 9.53 Å². The first-order valence-corrected chi connectivity index (χ1v) is 9.29. The van der Waals surface area contributed by atoms with E-state index in [1.54, 1.807) is 0 Å². The average molecular weight is 331 g/mol. The highest BCUT2D eigenvalue weighted by molar-refractivity contribution is 5.75. The second kappa shape index (κ2) is 8.58. The number of rotatable bonds is 5. The molecule has 1 aromatic rings. The van der Waals surface area contributed by atoms with Gasteiger partial charge in [0.2, 0.25) is 5.91 Å². The van der Waals surface area contributed by atoms with Crippen molar-refractivity contribution in [1.29, 1.82) is 0 Å². The molecular weight excluding hydrogens is 302 g/mol. The van der Waals surface area contributed by atoms with Gasteiger partial charge in [-0.25, -0.2) is 0 Å². The summed E-state index contributed by atoms with van der Waals surface area (Å²) >= 11 is 0. The zero-order valence-electron chi connectivity index (χ0n) is 14.7. The van der Waals surface area contributed by atoms with Crippen molar-refractivity contribution >= 4 is 5.91 Å². The van der Waals surface area contributed by atoms with Crippen LogP contribution in [0.2, 0.25) is 0 Å². The summed E-state index contributed by atoms with van der Waals surface area (Å²) < 4.78 is 6.32. The van der Waals surface area contributed by atoms with E-state index in [-0.39, 0.29) is 5.91 Å². The molecule has 0 aliphatic carbocycles. The fraction of sp³-hybridized carbons (Fsp3) is 0.684. The zero-order chi connectivity index (χ0) is 16.8. The Labute approximate surface area is 145 Å². The first-order chi connectivity index (χ1) is 11.7. The predicted octanol–water partition coefficient (Wildman–Crippen LogP) is 2.46. The van der Waals surface area contributed by atoms with Crippen LogP contribution in [0, 0.1) is 0 Å². The Hall–Kier alpha value is -1.46. The molecule has 0 unspecified atom stereocenters. The highest BCUT2D eigenvalue weighted by Crippen LogP contribution is 2.22. The van der Waals surface area contributed by atoms with Crippen LogP contribution >= 0.6 is 0 Å². The Morgan fingerprint density at radius 3 is 2.42 bits per heavy atom. The molecule has 1 amide bonds. The molecule has 0 saturated carbocycles. The lowest BCUT2D eigenvalue weighted by Crippen LogP contribution is -2.43. The van der Waals surface area contributed by atoms with E-state index in [1.807, 2.05) is 30.3 Å². The molecule has 0 bridgehead atoms. The normalized spacial score (nSPS) is 21.1. The quantitative estimate of drug-likeness (QED) is 0.831. The summed E-state index contributed by atoms with van der Waals surface area (Å²) in [5.74, 6) is 0.275. The zero-order valence-corrected chi connectivity index (χ0v) is 14.7. The molecule has 2 fully saturated rings. The molecule has 0 N–H and O–H groups in total. The van der Waals surface area contributed by atoms with E-state index < -0.39 is 0 Å². The average Bonchev–Trinajstić information content (AvgIpc) is 2.64. The van der Waals surface area contributed by atoms with Crippen molar-refractivity contribution in [2.24, 2.45) is 0 Å². The van der Waals surface area contributed by atoms with Gasteiger partial charge in [0.25, 0.3) is 0 Å². The van der Waals surface area contributed by atoms with Crippen molar-refractivity contribution in [2.45, 2.75) is 57.8 Å². The molecule has 5 heteroatoms. The van der Waals surface area contributed by atoms with Crippen LogP contribution in [-0.4, -0.2) is 59.1 Å². The van der Waals surface area contributed by atoms with E-state index in [2.05, 4.69) is 16.0 Å². The van der Waals surface area contributed by atoms with Crippen LogP contribution in [0.5, 0.6) is 0 Å². The Morgan fingerprint density at radius 2 is 1.83 bits per heavy atom. The molecule has 0 aromatic carbocycles. The van der Waals surface area contributed by atoms with Crippen LogP contribution in [0.15, 0.2) is 24.5 Å². The van der Waals surface area contributed by atoms with Gasteiger partial charge in [-0.2, -0.15) is 0 Å². The van der Waals surface area contributed by atoms with Crippen molar-refractivity contribution in [2.75, 3.05) is 26.2 Å². The number of hydrogen-bond donors (Lipinski definition) is 0. The smallest absolute Gasteiger partial charge is 0.222 e. The molecule has 2 aliphatic rings. The van der Waals surface area contributed by atoms with E-state index in [9.17, 15) is 4.79 Å². The lowest BCUT2D eigenvalue weighted by Gasteiger charge is -2.37. The number of carbonyl (C=O) groups is 1. The molecule has 2 aliphatic heterocycles. The summed E-state index contributed by atoms with van der Waals surface area (Å²) in [5.41, 5.74) is 1.28. The topological polar surface area (TPSA) is 45.7 Å². The van der Waals surface area contributed by atoms with Gasteiger partial charge < -0.3 is 9.64 Å². The molecule has 1 aromatic heterocycles. The van der Waals surface area contributed by atoms with Crippen LogP contribution in [-0.2, 0) is 16.1 Å². The van der Waals surface area contributed by atoms with Gasteiger partial charge in [0, 0.05) is 51.5 Å².